The van der Waals surface area contributed by atoms with Gasteiger partial charge in [-0.05, 0) is 12.3 Å². The molecular weight excluding hydrogens is 320 g/mol. The molecule has 1 unspecified atom stereocenters. The van der Waals surface area contributed by atoms with Crippen LogP contribution in [0.2, 0.25) is 0 Å². The molecule has 2 aromatic rings. The van der Waals surface area contributed by atoms with Gasteiger partial charge in [0.1, 0.15) is 5.76 Å². The number of hydrogen-bond donors (Lipinski definition) is 1. The third-order valence-corrected chi connectivity index (χ3v) is 5.25. The molecule has 4 rings (SSSR count). The van der Waals surface area contributed by atoms with E-state index in [4.69, 9.17) is 9.05 Å². The fourth-order valence-electron chi connectivity index (χ4n) is 3.80. The molecule has 0 bridgehead atoms. The topological polar surface area (TPSA) is 84.4 Å². The van der Waals surface area contributed by atoms with Crippen LogP contribution in [0, 0.1) is 0 Å². The number of carbonyl (C=O) groups is 1. The van der Waals surface area contributed by atoms with Crippen LogP contribution in [-0.4, -0.2) is 33.7 Å². The van der Waals surface area contributed by atoms with Crippen LogP contribution in [0.1, 0.15) is 60.7 Å². The first-order valence-electron chi connectivity index (χ1n) is 8.95. The number of nitrogens with one attached hydrogen (secondary N) is 1. The van der Waals surface area contributed by atoms with E-state index >= 15 is 0 Å². The molecule has 1 N–H and O–H groups in total. The molecule has 25 heavy (non-hydrogen) atoms. The van der Waals surface area contributed by atoms with Crippen LogP contribution in [0.15, 0.2) is 9.05 Å². The minimum absolute atomic E-state index is 0.0800. The minimum Gasteiger partial charge on any atom is -0.361 e. The van der Waals surface area contributed by atoms with Gasteiger partial charge in [-0.25, -0.2) is 0 Å². The first kappa shape index (κ1) is 16.3. The van der Waals surface area contributed by atoms with E-state index in [1.54, 1.807) is 11.8 Å². The van der Waals surface area contributed by atoms with Gasteiger partial charge in [-0.15, -0.1) is 0 Å². The maximum Gasteiger partial charge on any atom is 0.219 e. The summed E-state index contributed by atoms with van der Waals surface area (Å²) in [6.07, 6.45) is 2.43. The maximum absolute atomic E-state index is 11.5. The summed E-state index contributed by atoms with van der Waals surface area (Å²) in [5.74, 6) is 2.27. The number of amides is 1. The van der Waals surface area contributed by atoms with Crippen molar-refractivity contribution >= 4 is 5.91 Å². The lowest BCUT2D eigenvalue weighted by molar-refractivity contribution is -0.130. The highest BCUT2D eigenvalue weighted by molar-refractivity contribution is 5.73. The summed E-state index contributed by atoms with van der Waals surface area (Å²) in [7, 11) is 0. The SMILES string of the molecule is CC(=O)N1CCc2c(CC3Cc4onc(C(C)C)c4CN3)noc2C1. The molecular formula is C18H24N4O3. The Labute approximate surface area is 146 Å². The molecule has 0 aromatic carbocycles. The fraction of sp³-hybridized carbons (Fsp3) is 0.611. The number of nitrogens with zero attached hydrogens (tertiary/aromatic N) is 3. The quantitative estimate of drug-likeness (QED) is 0.916. The van der Waals surface area contributed by atoms with Crippen molar-refractivity contribution in [1.82, 2.24) is 20.5 Å². The van der Waals surface area contributed by atoms with Crippen LogP contribution >= 0.6 is 0 Å². The molecule has 0 spiro atoms. The monoisotopic (exact) mass is 344 g/mol. The molecule has 134 valence electrons. The van der Waals surface area contributed by atoms with Crippen LogP contribution < -0.4 is 5.32 Å². The average Bonchev–Trinajstić information content (AvgIpc) is 3.18. The van der Waals surface area contributed by atoms with E-state index in [1.807, 2.05) is 0 Å². The van der Waals surface area contributed by atoms with E-state index < -0.39 is 0 Å². The highest BCUT2D eigenvalue weighted by Crippen LogP contribution is 2.28. The van der Waals surface area contributed by atoms with Crippen molar-refractivity contribution in [3.05, 3.63) is 34.0 Å². The highest BCUT2D eigenvalue weighted by Gasteiger charge is 2.30. The second-order valence-electron chi connectivity index (χ2n) is 7.33. The molecule has 2 aromatic heterocycles. The van der Waals surface area contributed by atoms with Crippen LogP contribution in [0.5, 0.6) is 0 Å². The molecule has 1 atom stereocenters. The fourth-order valence-corrected chi connectivity index (χ4v) is 3.80. The largest absolute Gasteiger partial charge is 0.361 e. The van der Waals surface area contributed by atoms with Crippen LogP contribution in [0.25, 0.3) is 0 Å². The van der Waals surface area contributed by atoms with Crippen molar-refractivity contribution in [2.24, 2.45) is 0 Å². The standard InChI is InChI=1S/C18H24N4O3/c1-10(2)18-14-8-19-12(7-16(14)24-21-18)6-15-13-4-5-22(11(3)23)9-17(13)25-20-15/h10,12,19H,4-9H2,1-3H3. The lowest BCUT2D eigenvalue weighted by Crippen LogP contribution is -2.38. The molecule has 2 aliphatic heterocycles. The zero-order valence-electron chi connectivity index (χ0n) is 15.0. The third kappa shape index (κ3) is 2.97. The number of hydrogen-bond acceptors (Lipinski definition) is 6. The van der Waals surface area contributed by atoms with E-state index in [-0.39, 0.29) is 11.9 Å². The molecule has 7 nitrogen and oxygen atoms in total. The van der Waals surface area contributed by atoms with Gasteiger partial charge in [-0.3, -0.25) is 4.79 Å². The van der Waals surface area contributed by atoms with E-state index in [0.29, 0.717) is 12.5 Å². The summed E-state index contributed by atoms with van der Waals surface area (Å²) in [5, 5.41) is 12.1. The summed E-state index contributed by atoms with van der Waals surface area (Å²) in [5.41, 5.74) is 4.45. The van der Waals surface area contributed by atoms with Gasteiger partial charge < -0.3 is 19.3 Å². The number of carbonyl (C=O) groups excluding carboxylic acids is 1. The van der Waals surface area contributed by atoms with Crippen molar-refractivity contribution in [3.8, 4) is 0 Å². The van der Waals surface area contributed by atoms with Crippen molar-refractivity contribution in [2.75, 3.05) is 6.54 Å². The van der Waals surface area contributed by atoms with Gasteiger partial charge >= 0.3 is 0 Å². The maximum atomic E-state index is 11.5. The predicted octanol–water partition coefficient (Wildman–Crippen LogP) is 1.95. The van der Waals surface area contributed by atoms with E-state index in [2.05, 4.69) is 29.5 Å². The average molecular weight is 344 g/mol. The van der Waals surface area contributed by atoms with Crippen LogP contribution in [0.3, 0.4) is 0 Å². The Hall–Kier alpha value is -2.15. The first-order valence-corrected chi connectivity index (χ1v) is 8.95. The second-order valence-corrected chi connectivity index (χ2v) is 7.33. The Morgan fingerprint density at radius 2 is 2.08 bits per heavy atom. The molecule has 0 radical (unpaired) electrons. The summed E-state index contributed by atoms with van der Waals surface area (Å²) in [6.45, 7) is 7.91. The molecule has 0 saturated heterocycles. The van der Waals surface area contributed by atoms with Crippen molar-refractivity contribution in [1.29, 1.82) is 0 Å². The zero-order valence-corrected chi connectivity index (χ0v) is 15.0. The summed E-state index contributed by atoms with van der Waals surface area (Å²) >= 11 is 0. The smallest absolute Gasteiger partial charge is 0.219 e. The molecule has 1 amide bonds. The van der Waals surface area contributed by atoms with Crippen molar-refractivity contribution in [2.45, 2.75) is 65.1 Å². The Bertz CT molecular complexity index is 792. The molecule has 4 heterocycles. The highest BCUT2D eigenvalue weighted by atomic mass is 16.5. The predicted molar refractivity (Wildman–Crippen MR) is 89.9 cm³/mol. The Kier molecular flexibility index (Phi) is 4.11. The van der Waals surface area contributed by atoms with E-state index in [9.17, 15) is 4.79 Å². The van der Waals surface area contributed by atoms with Crippen LogP contribution in [-0.2, 0) is 37.1 Å². The number of rotatable bonds is 3. The van der Waals surface area contributed by atoms with Crippen LogP contribution in [0.4, 0.5) is 0 Å². The zero-order chi connectivity index (χ0) is 17.6. The van der Waals surface area contributed by atoms with Gasteiger partial charge in [0.15, 0.2) is 5.76 Å². The summed E-state index contributed by atoms with van der Waals surface area (Å²) < 4.78 is 11.1. The lowest BCUT2D eigenvalue weighted by atomic mass is 9.93. The van der Waals surface area contributed by atoms with Crippen molar-refractivity contribution in [3.63, 3.8) is 0 Å². The Morgan fingerprint density at radius 1 is 1.28 bits per heavy atom. The van der Waals surface area contributed by atoms with E-state index in [0.717, 1.165) is 55.3 Å². The van der Waals surface area contributed by atoms with Gasteiger partial charge in [-0.1, -0.05) is 24.2 Å². The summed E-state index contributed by atoms with van der Waals surface area (Å²) in [6, 6.07) is 0.264. The first-order chi connectivity index (χ1) is 12.0. The molecule has 7 heteroatoms. The molecule has 0 saturated carbocycles. The third-order valence-electron chi connectivity index (χ3n) is 5.25. The van der Waals surface area contributed by atoms with Gasteiger partial charge in [0.25, 0.3) is 0 Å². The van der Waals surface area contributed by atoms with Gasteiger partial charge in [-0.2, -0.15) is 0 Å². The van der Waals surface area contributed by atoms with Crippen molar-refractivity contribution < 1.29 is 13.8 Å². The second kappa shape index (κ2) is 6.29. The Morgan fingerprint density at radius 3 is 2.84 bits per heavy atom. The normalized spacial score (nSPS) is 19.8. The molecule has 0 aliphatic carbocycles. The van der Waals surface area contributed by atoms with Gasteiger partial charge in [0.2, 0.25) is 5.91 Å². The molecule has 2 aliphatic rings. The molecule has 0 fully saturated rings. The van der Waals surface area contributed by atoms with Gasteiger partial charge in [0.05, 0.1) is 17.9 Å². The minimum atomic E-state index is 0.0800. The Balaban J connectivity index is 1.47. The number of fused-ring (bicyclic) bond motifs is 2. The number of aromatic nitrogens is 2. The van der Waals surface area contributed by atoms with E-state index in [1.165, 1.54) is 11.1 Å². The lowest BCUT2D eigenvalue weighted by Gasteiger charge is -2.25. The van der Waals surface area contributed by atoms with Gasteiger partial charge in [0, 0.05) is 50.0 Å². The summed E-state index contributed by atoms with van der Waals surface area (Å²) in [4.78, 5) is 13.3.